The SMILES string of the molecule is CC(C)c1nnn(-c2ccccc2OC(F)(F)F)c1C(=O)O. The molecule has 2 rings (SSSR count). The molecule has 0 bridgehead atoms. The minimum absolute atomic E-state index is 0.156. The molecule has 0 radical (unpaired) electrons. The van der Waals surface area contributed by atoms with Gasteiger partial charge in [-0.2, -0.15) is 0 Å². The van der Waals surface area contributed by atoms with Crippen LogP contribution in [-0.2, 0) is 0 Å². The zero-order valence-electron chi connectivity index (χ0n) is 11.6. The van der Waals surface area contributed by atoms with Gasteiger partial charge in [-0.05, 0) is 18.1 Å². The van der Waals surface area contributed by atoms with E-state index in [0.29, 0.717) is 0 Å². The van der Waals surface area contributed by atoms with Crippen LogP contribution in [0.1, 0.15) is 35.9 Å². The Morgan fingerprint density at radius 2 is 1.95 bits per heavy atom. The summed E-state index contributed by atoms with van der Waals surface area (Å²) in [5.74, 6) is -2.15. The third-order valence-corrected chi connectivity index (χ3v) is 2.76. The first-order valence-electron chi connectivity index (χ1n) is 6.24. The molecular weight excluding hydrogens is 303 g/mol. The van der Waals surface area contributed by atoms with Crippen LogP contribution in [0.3, 0.4) is 0 Å². The predicted octanol–water partition coefficient (Wildman–Crippen LogP) is 2.99. The van der Waals surface area contributed by atoms with Crippen molar-refractivity contribution in [3.05, 3.63) is 35.7 Å². The van der Waals surface area contributed by atoms with Gasteiger partial charge in [0.1, 0.15) is 11.4 Å². The first kappa shape index (κ1) is 15.8. The van der Waals surface area contributed by atoms with Crippen molar-refractivity contribution in [2.75, 3.05) is 0 Å². The quantitative estimate of drug-likeness (QED) is 0.938. The van der Waals surface area contributed by atoms with Gasteiger partial charge in [-0.3, -0.25) is 0 Å². The molecule has 0 saturated carbocycles. The molecule has 0 atom stereocenters. The second-order valence-corrected chi connectivity index (χ2v) is 4.71. The number of halogens is 3. The monoisotopic (exact) mass is 315 g/mol. The summed E-state index contributed by atoms with van der Waals surface area (Å²) in [6.07, 6.45) is -4.90. The summed E-state index contributed by atoms with van der Waals surface area (Å²) >= 11 is 0. The van der Waals surface area contributed by atoms with Crippen molar-refractivity contribution >= 4 is 5.97 Å². The van der Waals surface area contributed by atoms with Gasteiger partial charge in [-0.15, -0.1) is 18.3 Å². The fraction of sp³-hybridized carbons (Fsp3) is 0.308. The summed E-state index contributed by atoms with van der Waals surface area (Å²) < 4.78 is 42.1. The number of hydrogen-bond donors (Lipinski definition) is 1. The van der Waals surface area contributed by atoms with Crippen LogP contribution in [0.2, 0.25) is 0 Å². The van der Waals surface area contributed by atoms with Gasteiger partial charge in [0, 0.05) is 0 Å². The Morgan fingerprint density at radius 3 is 2.50 bits per heavy atom. The lowest BCUT2D eigenvalue weighted by atomic mass is 10.1. The number of ether oxygens (including phenoxy) is 1. The Bertz CT molecular complexity index is 695. The third kappa shape index (κ3) is 3.18. The molecule has 0 amide bonds. The minimum Gasteiger partial charge on any atom is -0.476 e. The van der Waals surface area contributed by atoms with Crippen molar-refractivity contribution in [1.29, 1.82) is 0 Å². The van der Waals surface area contributed by atoms with Crippen LogP contribution in [0, 0.1) is 0 Å². The number of aromatic nitrogens is 3. The highest BCUT2D eigenvalue weighted by atomic mass is 19.4. The van der Waals surface area contributed by atoms with Crippen molar-refractivity contribution in [3.63, 3.8) is 0 Å². The van der Waals surface area contributed by atoms with Crippen LogP contribution >= 0.6 is 0 Å². The maximum Gasteiger partial charge on any atom is 0.573 e. The summed E-state index contributed by atoms with van der Waals surface area (Å²) in [5, 5.41) is 16.7. The molecule has 9 heteroatoms. The highest BCUT2D eigenvalue weighted by Crippen LogP contribution is 2.30. The molecule has 1 N–H and O–H groups in total. The third-order valence-electron chi connectivity index (χ3n) is 2.76. The van der Waals surface area contributed by atoms with Gasteiger partial charge < -0.3 is 9.84 Å². The van der Waals surface area contributed by atoms with Crippen LogP contribution < -0.4 is 4.74 Å². The number of para-hydroxylation sites is 2. The molecule has 0 aliphatic rings. The summed E-state index contributed by atoms with van der Waals surface area (Å²) in [4.78, 5) is 11.4. The number of carboxylic acids is 1. The van der Waals surface area contributed by atoms with Crippen LogP contribution in [0.15, 0.2) is 24.3 Å². The van der Waals surface area contributed by atoms with Gasteiger partial charge >= 0.3 is 12.3 Å². The van der Waals surface area contributed by atoms with Crippen LogP contribution in [0.5, 0.6) is 5.75 Å². The zero-order valence-corrected chi connectivity index (χ0v) is 11.6. The molecule has 6 nitrogen and oxygen atoms in total. The van der Waals surface area contributed by atoms with E-state index in [-0.39, 0.29) is 23.0 Å². The molecule has 0 spiro atoms. The van der Waals surface area contributed by atoms with Crippen molar-refractivity contribution < 1.29 is 27.8 Å². The van der Waals surface area contributed by atoms with Crippen molar-refractivity contribution in [2.45, 2.75) is 26.1 Å². The van der Waals surface area contributed by atoms with Crippen molar-refractivity contribution in [1.82, 2.24) is 15.0 Å². The standard InChI is InChI=1S/C13H12F3N3O3/c1-7(2)10-11(12(20)21)19(18-17-10)8-5-3-4-6-9(8)22-13(14,15)16/h3-7H,1-2H3,(H,20,21). The van der Waals surface area contributed by atoms with Crippen LogP contribution in [0.25, 0.3) is 5.69 Å². The van der Waals surface area contributed by atoms with E-state index in [1.807, 2.05) is 0 Å². The van der Waals surface area contributed by atoms with Crippen molar-refractivity contribution in [2.24, 2.45) is 0 Å². The van der Waals surface area contributed by atoms with E-state index < -0.39 is 18.1 Å². The minimum atomic E-state index is -4.90. The number of benzene rings is 1. The lowest BCUT2D eigenvalue weighted by Gasteiger charge is -2.13. The highest BCUT2D eigenvalue weighted by molar-refractivity contribution is 5.88. The van der Waals surface area contributed by atoms with Crippen LogP contribution in [0.4, 0.5) is 13.2 Å². The Hall–Kier alpha value is -2.58. The molecule has 0 aliphatic heterocycles. The van der Waals surface area contributed by atoms with Gasteiger partial charge in [0.15, 0.2) is 11.4 Å². The van der Waals surface area contributed by atoms with Gasteiger partial charge in [0.25, 0.3) is 0 Å². The van der Waals surface area contributed by atoms with Gasteiger partial charge in [-0.1, -0.05) is 31.2 Å². The van der Waals surface area contributed by atoms with Crippen molar-refractivity contribution in [3.8, 4) is 11.4 Å². The van der Waals surface area contributed by atoms with Gasteiger partial charge in [0.2, 0.25) is 0 Å². The maximum absolute atomic E-state index is 12.4. The topological polar surface area (TPSA) is 77.2 Å². The fourth-order valence-corrected chi connectivity index (χ4v) is 1.89. The number of alkyl halides is 3. The number of carboxylic acid groups (broad SMARTS) is 1. The van der Waals surface area contributed by atoms with Gasteiger partial charge in [0.05, 0.1) is 0 Å². The van der Waals surface area contributed by atoms with E-state index in [1.165, 1.54) is 18.2 Å². The molecule has 0 saturated heterocycles. The summed E-state index contributed by atoms with van der Waals surface area (Å²) in [6.45, 7) is 3.41. The Labute approximate surface area is 123 Å². The summed E-state index contributed by atoms with van der Waals surface area (Å²) in [6, 6.07) is 5.13. The average Bonchev–Trinajstić information content (AvgIpc) is 2.82. The maximum atomic E-state index is 12.4. The zero-order chi connectivity index (χ0) is 16.5. The molecule has 22 heavy (non-hydrogen) atoms. The van der Waals surface area contributed by atoms with E-state index >= 15 is 0 Å². The van der Waals surface area contributed by atoms with E-state index in [0.717, 1.165) is 10.7 Å². The predicted molar refractivity (Wildman–Crippen MR) is 69.1 cm³/mol. The number of carbonyl (C=O) groups is 1. The molecule has 1 aromatic heterocycles. The highest BCUT2D eigenvalue weighted by Gasteiger charge is 2.33. The van der Waals surface area contributed by atoms with E-state index in [4.69, 9.17) is 0 Å². The molecule has 0 unspecified atom stereocenters. The second kappa shape index (κ2) is 5.66. The molecular formula is C13H12F3N3O3. The first-order chi connectivity index (χ1) is 10.2. The van der Waals surface area contributed by atoms with E-state index in [2.05, 4.69) is 15.0 Å². The van der Waals surface area contributed by atoms with E-state index in [1.54, 1.807) is 13.8 Å². The molecule has 0 aliphatic carbocycles. The number of nitrogens with zero attached hydrogens (tertiary/aromatic N) is 3. The average molecular weight is 315 g/mol. The second-order valence-electron chi connectivity index (χ2n) is 4.71. The fourth-order valence-electron chi connectivity index (χ4n) is 1.89. The molecule has 0 fully saturated rings. The molecule has 1 heterocycles. The molecule has 2 aromatic rings. The van der Waals surface area contributed by atoms with Crippen LogP contribution in [-0.4, -0.2) is 32.4 Å². The van der Waals surface area contributed by atoms with E-state index in [9.17, 15) is 23.1 Å². The normalized spacial score (nSPS) is 11.7. The summed E-state index contributed by atoms with van der Waals surface area (Å²) in [7, 11) is 0. The Balaban J connectivity index is 2.60. The molecule has 1 aromatic carbocycles. The Morgan fingerprint density at radius 1 is 1.32 bits per heavy atom. The summed E-state index contributed by atoms with van der Waals surface area (Å²) in [5.41, 5.74) is -0.279. The molecule has 118 valence electrons. The number of aromatic carboxylic acids is 1. The smallest absolute Gasteiger partial charge is 0.476 e. The lowest BCUT2D eigenvalue weighted by Crippen LogP contribution is -2.19. The van der Waals surface area contributed by atoms with Gasteiger partial charge in [-0.25, -0.2) is 9.48 Å². The first-order valence-corrected chi connectivity index (χ1v) is 6.24. The largest absolute Gasteiger partial charge is 0.573 e. The lowest BCUT2D eigenvalue weighted by molar-refractivity contribution is -0.274. The number of rotatable bonds is 4. The Kier molecular flexibility index (Phi) is 4.07. The number of hydrogen-bond acceptors (Lipinski definition) is 4.